The lowest BCUT2D eigenvalue weighted by Crippen LogP contribution is -2.11. The topological polar surface area (TPSA) is 115 Å². The summed E-state index contributed by atoms with van der Waals surface area (Å²) < 4.78 is 10.8. The van der Waals surface area contributed by atoms with E-state index in [2.05, 4.69) is 5.32 Å². The van der Waals surface area contributed by atoms with Gasteiger partial charge in [0.25, 0.3) is 11.4 Å². The lowest BCUT2D eigenvalue weighted by Gasteiger charge is -2.05. The van der Waals surface area contributed by atoms with E-state index in [-0.39, 0.29) is 17.1 Å². The summed E-state index contributed by atoms with van der Waals surface area (Å²) in [6.07, 6.45) is 1.52. The van der Waals surface area contributed by atoms with Crippen molar-refractivity contribution in [3.63, 3.8) is 0 Å². The van der Waals surface area contributed by atoms with E-state index in [4.69, 9.17) is 0 Å². The Morgan fingerprint density at radius 2 is 1.94 bits per heavy atom. The summed E-state index contributed by atoms with van der Waals surface area (Å²) in [5.41, 5.74) is -0.534. The SMILES string of the molecule is CS(=O)CCNc1ccc([N+](=O)[O-])cc1[N+](=O)[O-]. The van der Waals surface area contributed by atoms with Crippen molar-refractivity contribution in [1.29, 1.82) is 0 Å². The van der Waals surface area contributed by atoms with E-state index < -0.39 is 20.6 Å². The zero-order valence-corrected chi connectivity index (χ0v) is 10.3. The first-order valence-electron chi connectivity index (χ1n) is 4.88. The van der Waals surface area contributed by atoms with Crippen molar-refractivity contribution < 1.29 is 14.1 Å². The van der Waals surface area contributed by atoms with Crippen LogP contribution in [0.3, 0.4) is 0 Å². The molecular formula is C9H11N3O5S. The molecule has 0 radical (unpaired) electrons. The zero-order chi connectivity index (χ0) is 13.7. The van der Waals surface area contributed by atoms with Gasteiger partial charge in [0.1, 0.15) is 5.69 Å². The standard InChI is InChI=1S/C9H11N3O5S/c1-18(17)5-4-10-8-3-2-7(11(13)14)6-9(8)12(15)16/h2-3,6,10H,4-5H2,1H3. The van der Waals surface area contributed by atoms with Crippen molar-refractivity contribution in [3.05, 3.63) is 38.4 Å². The monoisotopic (exact) mass is 273 g/mol. The van der Waals surface area contributed by atoms with E-state index >= 15 is 0 Å². The molecule has 1 atom stereocenters. The van der Waals surface area contributed by atoms with Crippen molar-refractivity contribution in [2.24, 2.45) is 0 Å². The quantitative estimate of drug-likeness (QED) is 0.616. The highest BCUT2D eigenvalue weighted by Gasteiger charge is 2.18. The van der Waals surface area contributed by atoms with Crippen molar-refractivity contribution in [2.75, 3.05) is 23.9 Å². The molecule has 1 rings (SSSR count). The van der Waals surface area contributed by atoms with Gasteiger partial charge < -0.3 is 5.32 Å². The van der Waals surface area contributed by atoms with Crippen molar-refractivity contribution >= 4 is 27.9 Å². The molecule has 0 saturated heterocycles. The van der Waals surface area contributed by atoms with E-state index in [0.29, 0.717) is 12.3 Å². The van der Waals surface area contributed by atoms with Gasteiger partial charge in [0.05, 0.1) is 15.9 Å². The first kappa shape index (κ1) is 14.0. The first-order chi connectivity index (χ1) is 8.41. The molecule has 1 N–H and O–H groups in total. The number of hydrogen-bond acceptors (Lipinski definition) is 6. The van der Waals surface area contributed by atoms with Crippen molar-refractivity contribution in [1.82, 2.24) is 0 Å². The van der Waals surface area contributed by atoms with Gasteiger partial charge in [-0.15, -0.1) is 0 Å². The van der Waals surface area contributed by atoms with Gasteiger partial charge in [0, 0.05) is 35.4 Å². The van der Waals surface area contributed by atoms with Gasteiger partial charge in [-0.3, -0.25) is 24.4 Å². The lowest BCUT2D eigenvalue weighted by molar-refractivity contribution is -0.393. The van der Waals surface area contributed by atoms with Crippen LogP contribution in [-0.4, -0.2) is 32.6 Å². The average molecular weight is 273 g/mol. The third kappa shape index (κ3) is 3.77. The third-order valence-electron chi connectivity index (χ3n) is 2.09. The summed E-state index contributed by atoms with van der Waals surface area (Å²) in [7, 11) is -1.01. The number of nitro groups is 2. The fourth-order valence-electron chi connectivity index (χ4n) is 1.26. The molecule has 0 heterocycles. The van der Waals surface area contributed by atoms with Crippen LogP contribution in [0, 0.1) is 20.2 Å². The van der Waals surface area contributed by atoms with Crippen molar-refractivity contribution in [2.45, 2.75) is 0 Å². The van der Waals surface area contributed by atoms with Crippen LogP contribution in [0.2, 0.25) is 0 Å². The summed E-state index contributed by atoms with van der Waals surface area (Å²) in [6, 6.07) is 3.35. The molecule has 0 spiro atoms. The molecule has 98 valence electrons. The molecule has 1 unspecified atom stereocenters. The number of nitro benzene ring substituents is 2. The second-order valence-electron chi connectivity index (χ2n) is 3.42. The molecule has 1 aromatic rings. The Morgan fingerprint density at radius 3 is 2.44 bits per heavy atom. The average Bonchev–Trinajstić information content (AvgIpc) is 2.28. The summed E-state index contributed by atoms with van der Waals surface area (Å²) >= 11 is 0. The lowest BCUT2D eigenvalue weighted by atomic mass is 10.2. The van der Waals surface area contributed by atoms with Gasteiger partial charge in [-0.25, -0.2) is 0 Å². The minimum Gasteiger partial charge on any atom is -0.379 e. The van der Waals surface area contributed by atoms with Gasteiger partial charge >= 0.3 is 0 Å². The number of nitrogens with one attached hydrogen (secondary N) is 1. The minimum absolute atomic E-state index is 0.177. The molecule has 0 aliphatic carbocycles. The molecule has 0 saturated carbocycles. The normalized spacial score (nSPS) is 11.8. The largest absolute Gasteiger partial charge is 0.379 e. The number of rotatable bonds is 6. The second kappa shape index (κ2) is 6.05. The Bertz CT molecular complexity index is 505. The molecule has 18 heavy (non-hydrogen) atoms. The van der Waals surface area contributed by atoms with E-state index in [1.54, 1.807) is 0 Å². The fourth-order valence-corrected chi connectivity index (χ4v) is 1.65. The van der Waals surface area contributed by atoms with Crippen LogP contribution in [0.5, 0.6) is 0 Å². The maximum Gasteiger partial charge on any atom is 0.299 e. The molecule has 0 aliphatic heterocycles. The maximum atomic E-state index is 10.8. The second-order valence-corrected chi connectivity index (χ2v) is 4.97. The Morgan fingerprint density at radius 1 is 1.28 bits per heavy atom. The Kier molecular flexibility index (Phi) is 4.72. The van der Waals surface area contributed by atoms with Crippen molar-refractivity contribution in [3.8, 4) is 0 Å². The van der Waals surface area contributed by atoms with Gasteiger partial charge in [0.2, 0.25) is 0 Å². The predicted molar refractivity (Wildman–Crippen MR) is 67.2 cm³/mol. The highest BCUT2D eigenvalue weighted by atomic mass is 32.2. The van der Waals surface area contributed by atoms with Gasteiger partial charge in [-0.1, -0.05) is 0 Å². The highest BCUT2D eigenvalue weighted by Crippen LogP contribution is 2.28. The van der Waals surface area contributed by atoms with Crippen LogP contribution >= 0.6 is 0 Å². The Labute approximate surface area is 105 Å². The third-order valence-corrected chi connectivity index (χ3v) is 2.87. The first-order valence-corrected chi connectivity index (χ1v) is 6.61. The predicted octanol–water partition coefficient (Wildman–Crippen LogP) is 1.29. The summed E-state index contributed by atoms with van der Waals surface area (Å²) in [6.45, 7) is 0.293. The number of anilines is 1. The molecule has 0 bridgehead atoms. The summed E-state index contributed by atoms with van der Waals surface area (Å²) in [4.78, 5) is 19.9. The number of hydrogen-bond donors (Lipinski definition) is 1. The van der Waals surface area contributed by atoms with E-state index in [9.17, 15) is 24.4 Å². The van der Waals surface area contributed by atoms with Crippen LogP contribution in [0.1, 0.15) is 0 Å². The fraction of sp³-hybridized carbons (Fsp3) is 0.333. The van der Waals surface area contributed by atoms with Crippen LogP contribution in [0.4, 0.5) is 17.1 Å². The van der Waals surface area contributed by atoms with Crippen LogP contribution in [0.25, 0.3) is 0 Å². The zero-order valence-electron chi connectivity index (χ0n) is 9.49. The van der Waals surface area contributed by atoms with Crippen LogP contribution < -0.4 is 5.32 Å². The Balaban J connectivity index is 2.93. The van der Waals surface area contributed by atoms with E-state index in [1.807, 2.05) is 0 Å². The minimum atomic E-state index is -1.01. The Hall–Kier alpha value is -2.03. The summed E-state index contributed by atoms with van der Waals surface area (Å²) in [5, 5.41) is 24.0. The summed E-state index contributed by atoms with van der Waals surface area (Å²) in [5.74, 6) is 0.341. The molecule has 0 aliphatic rings. The van der Waals surface area contributed by atoms with Gasteiger partial charge in [-0.2, -0.15) is 0 Å². The highest BCUT2D eigenvalue weighted by molar-refractivity contribution is 7.84. The molecule has 9 heteroatoms. The van der Waals surface area contributed by atoms with Crippen LogP contribution in [0.15, 0.2) is 18.2 Å². The number of non-ortho nitro benzene ring substituents is 1. The molecule has 0 amide bonds. The number of nitrogens with zero attached hydrogens (tertiary/aromatic N) is 2. The van der Waals surface area contributed by atoms with Gasteiger partial charge in [-0.05, 0) is 6.07 Å². The molecule has 1 aromatic carbocycles. The number of benzene rings is 1. The molecular weight excluding hydrogens is 262 g/mol. The molecule has 0 fully saturated rings. The maximum absolute atomic E-state index is 10.8. The smallest absolute Gasteiger partial charge is 0.299 e. The van der Waals surface area contributed by atoms with E-state index in [1.165, 1.54) is 18.4 Å². The molecule has 8 nitrogen and oxygen atoms in total. The van der Waals surface area contributed by atoms with Crippen LogP contribution in [-0.2, 0) is 10.8 Å². The van der Waals surface area contributed by atoms with Gasteiger partial charge in [0.15, 0.2) is 0 Å². The molecule has 0 aromatic heterocycles. The van der Waals surface area contributed by atoms with E-state index in [0.717, 1.165) is 6.07 Å².